The minimum absolute atomic E-state index is 0.114. The fraction of sp³-hybridized carbons (Fsp3) is 0.467. The number of hydrogen-bond donors (Lipinski definition) is 0. The van der Waals surface area contributed by atoms with Gasteiger partial charge in [0.1, 0.15) is 0 Å². The van der Waals surface area contributed by atoms with E-state index < -0.39 is 11.5 Å². The average molecular weight is 259 g/mol. The summed E-state index contributed by atoms with van der Waals surface area (Å²) < 4.78 is 4.89. The molecule has 1 fully saturated rings. The molecule has 0 amide bonds. The third-order valence-corrected chi connectivity index (χ3v) is 3.86. The Kier molecular flexibility index (Phi) is 4.13. The van der Waals surface area contributed by atoms with Gasteiger partial charge in [-0.3, -0.25) is 0 Å². The maximum Gasteiger partial charge on any atom is 0.335 e. The number of carbonyl (C=O) groups excluding carboxylic acids is 2. The first-order valence-corrected chi connectivity index (χ1v) is 6.47. The first-order chi connectivity index (χ1) is 9.24. The van der Waals surface area contributed by atoms with Gasteiger partial charge in [0.2, 0.25) is 6.08 Å². The molecule has 1 saturated carbocycles. The molecule has 1 aliphatic rings. The van der Waals surface area contributed by atoms with E-state index in [0.29, 0.717) is 6.42 Å². The lowest BCUT2D eigenvalue weighted by molar-refractivity contribution is -0.149. The van der Waals surface area contributed by atoms with Gasteiger partial charge in [-0.25, -0.2) is 9.59 Å². The van der Waals surface area contributed by atoms with E-state index in [1.54, 1.807) is 6.08 Å². The zero-order valence-corrected chi connectivity index (χ0v) is 11.0. The Bertz CT molecular complexity index is 493. The van der Waals surface area contributed by atoms with Crippen LogP contribution in [0.25, 0.3) is 0 Å². The van der Waals surface area contributed by atoms with Gasteiger partial charge in [-0.2, -0.15) is 4.99 Å². The van der Waals surface area contributed by atoms with Crippen LogP contribution in [0.1, 0.15) is 37.2 Å². The lowest BCUT2D eigenvalue weighted by Crippen LogP contribution is -2.45. The van der Waals surface area contributed by atoms with Crippen molar-refractivity contribution in [3.05, 3.63) is 35.9 Å². The van der Waals surface area contributed by atoms with Crippen LogP contribution in [0.15, 0.2) is 35.3 Å². The highest BCUT2D eigenvalue weighted by atomic mass is 16.5. The Morgan fingerprint density at radius 2 is 2.11 bits per heavy atom. The van der Waals surface area contributed by atoms with Gasteiger partial charge in [0, 0.05) is 5.92 Å². The van der Waals surface area contributed by atoms with Gasteiger partial charge in [0.05, 0.1) is 7.11 Å². The van der Waals surface area contributed by atoms with E-state index in [-0.39, 0.29) is 5.92 Å². The Morgan fingerprint density at radius 1 is 1.37 bits per heavy atom. The van der Waals surface area contributed by atoms with E-state index in [1.807, 2.05) is 30.3 Å². The highest BCUT2D eigenvalue weighted by Gasteiger charge is 2.49. The summed E-state index contributed by atoms with van der Waals surface area (Å²) in [4.78, 5) is 26.8. The predicted molar refractivity (Wildman–Crippen MR) is 70.5 cm³/mol. The molecule has 1 aromatic rings. The van der Waals surface area contributed by atoms with Crippen molar-refractivity contribution in [3.63, 3.8) is 0 Å². The van der Waals surface area contributed by atoms with E-state index in [9.17, 15) is 9.59 Å². The number of nitrogens with zero attached hydrogens (tertiary/aromatic N) is 1. The highest BCUT2D eigenvalue weighted by Crippen LogP contribution is 2.44. The number of esters is 1. The van der Waals surface area contributed by atoms with E-state index in [1.165, 1.54) is 7.11 Å². The van der Waals surface area contributed by atoms with Crippen LogP contribution in [0.5, 0.6) is 0 Å². The second-order valence-electron chi connectivity index (χ2n) is 4.83. The van der Waals surface area contributed by atoms with Crippen LogP contribution >= 0.6 is 0 Å². The summed E-state index contributed by atoms with van der Waals surface area (Å²) in [5.41, 5.74) is -0.0811. The van der Waals surface area contributed by atoms with Crippen molar-refractivity contribution in [1.82, 2.24) is 0 Å². The van der Waals surface area contributed by atoms with Crippen molar-refractivity contribution in [1.29, 1.82) is 0 Å². The van der Waals surface area contributed by atoms with Crippen molar-refractivity contribution < 1.29 is 14.3 Å². The molecule has 0 aromatic heterocycles. The number of benzene rings is 1. The molecule has 19 heavy (non-hydrogen) atoms. The number of hydrogen-bond acceptors (Lipinski definition) is 4. The standard InChI is InChI=1S/C15H17NO3/c1-19-14(18)15(16-11-17)10-6-5-9-13(15)12-7-3-2-4-8-12/h2-4,7-8,13H,5-6,9-10H2,1H3/t13-,15-/m1/s1. The van der Waals surface area contributed by atoms with Crippen LogP contribution < -0.4 is 0 Å². The molecule has 0 N–H and O–H groups in total. The molecule has 1 aliphatic carbocycles. The molecule has 0 heterocycles. The van der Waals surface area contributed by atoms with Gasteiger partial charge >= 0.3 is 5.97 Å². The number of methoxy groups -OCH3 is 1. The van der Waals surface area contributed by atoms with Crippen LogP contribution in [-0.2, 0) is 14.3 Å². The van der Waals surface area contributed by atoms with E-state index in [2.05, 4.69) is 4.99 Å². The summed E-state index contributed by atoms with van der Waals surface area (Å²) in [5, 5.41) is 0. The average Bonchev–Trinajstić information content (AvgIpc) is 2.48. The Labute approximate surface area is 112 Å². The second-order valence-corrected chi connectivity index (χ2v) is 4.83. The predicted octanol–water partition coefficient (Wildman–Crippen LogP) is 2.59. The number of carbonyl (C=O) groups is 1. The smallest absolute Gasteiger partial charge is 0.335 e. The van der Waals surface area contributed by atoms with Crippen LogP contribution in [0.4, 0.5) is 0 Å². The molecule has 1 aromatic carbocycles. The fourth-order valence-corrected chi connectivity index (χ4v) is 2.97. The van der Waals surface area contributed by atoms with Crippen LogP contribution in [0.3, 0.4) is 0 Å². The number of ether oxygens (including phenoxy) is 1. The second kappa shape index (κ2) is 5.81. The molecule has 0 unspecified atom stereocenters. The van der Waals surface area contributed by atoms with Gasteiger partial charge < -0.3 is 4.74 Å². The minimum Gasteiger partial charge on any atom is -0.467 e. The van der Waals surface area contributed by atoms with Crippen molar-refractivity contribution >= 4 is 12.0 Å². The zero-order valence-electron chi connectivity index (χ0n) is 11.0. The maximum absolute atomic E-state index is 12.2. The number of aliphatic imine (C=N–C) groups is 1. The molecule has 4 heteroatoms. The van der Waals surface area contributed by atoms with Crippen molar-refractivity contribution in [2.45, 2.75) is 37.1 Å². The third-order valence-electron chi connectivity index (χ3n) is 3.86. The first-order valence-electron chi connectivity index (χ1n) is 6.47. The maximum atomic E-state index is 12.2. The lowest BCUT2D eigenvalue weighted by Gasteiger charge is -2.37. The van der Waals surface area contributed by atoms with Gasteiger partial charge in [0.15, 0.2) is 5.54 Å². The monoisotopic (exact) mass is 259 g/mol. The molecule has 0 radical (unpaired) electrons. The van der Waals surface area contributed by atoms with Gasteiger partial charge in [0.25, 0.3) is 0 Å². The summed E-state index contributed by atoms with van der Waals surface area (Å²) in [6.45, 7) is 0. The molecule has 0 aliphatic heterocycles. The summed E-state index contributed by atoms with van der Waals surface area (Å²) in [5.74, 6) is -0.555. The Hall–Kier alpha value is -1.93. The summed E-state index contributed by atoms with van der Waals surface area (Å²) in [6.07, 6.45) is 4.81. The van der Waals surface area contributed by atoms with E-state index in [0.717, 1.165) is 24.8 Å². The molecule has 0 bridgehead atoms. The zero-order chi connectivity index (χ0) is 13.7. The minimum atomic E-state index is -1.10. The fourth-order valence-electron chi connectivity index (χ4n) is 2.97. The van der Waals surface area contributed by atoms with E-state index in [4.69, 9.17) is 4.74 Å². The highest BCUT2D eigenvalue weighted by molar-refractivity contribution is 5.83. The Balaban J connectivity index is 2.48. The third kappa shape index (κ3) is 2.45. The normalized spacial score (nSPS) is 26.3. The van der Waals surface area contributed by atoms with Crippen molar-refractivity contribution in [2.24, 2.45) is 4.99 Å². The SMILES string of the molecule is COC(=O)[C@@]1(N=C=O)CCCC[C@@H]1c1ccccc1. The van der Waals surface area contributed by atoms with Crippen molar-refractivity contribution in [2.75, 3.05) is 7.11 Å². The topological polar surface area (TPSA) is 55.7 Å². The molecular formula is C15H17NO3. The van der Waals surface area contributed by atoms with Gasteiger partial charge in [-0.05, 0) is 18.4 Å². The molecular weight excluding hydrogens is 242 g/mol. The van der Waals surface area contributed by atoms with Crippen LogP contribution in [0.2, 0.25) is 0 Å². The molecule has 0 saturated heterocycles. The molecule has 0 spiro atoms. The molecule has 2 rings (SSSR count). The quantitative estimate of drug-likeness (QED) is 0.476. The summed E-state index contributed by atoms with van der Waals surface area (Å²) >= 11 is 0. The lowest BCUT2D eigenvalue weighted by atomic mass is 9.70. The van der Waals surface area contributed by atoms with Gasteiger partial charge in [-0.15, -0.1) is 0 Å². The number of rotatable bonds is 3. The molecule has 2 atom stereocenters. The van der Waals surface area contributed by atoms with Crippen molar-refractivity contribution in [3.8, 4) is 0 Å². The summed E-state index contributed by atoms with van der Waals surface area (Å²) in [6, 6.07) is 9.71. The molecule has 100 valence electrons. The first kappa shape index (κ1) is 13.5. The van der Waals surface area contributed by atoms with E-state index >= 15 is 0 Å². The van der Waals surface area contributed by atoms with Crippen LogP contribution in [0, 0.1) is 0 Å². The Morgan fingerprint density at radius 3 is 2.74 bits per heavy atom. The number of isocyanates is 1. The molecule has 4 nitrogen and oxygen atoms in total. The largest absolute Gasteiger partial charge is 0.467 e. The summed E-state index contributed by atoms with van der Waals surface area (Å²) in [7, 11) is 1.33. The van der Waals surface area contributed by atoms with Gasteiger partial charge in [-0.1, -0.05) is 43.2 Å². The van der Waals surface area contributed by atoms with Crippen LogP contribution in [-0.4, -0.2) is 24.7 Å².